The van der Waals surface area contributed by atoms with Crippen molar-refractivity contribution < 1.29 is 0 Å². The quantitative estimate of drug-likeness (QED) is 0.505. The zero-order valence-electron chi connectivity index (χ0n) is 16.2. The number of allylic oxidation sites excluding steroid dienone is 1. The molecular formula is C21H35N5. The Morgan fingerprint density at radius 3 is 2.77 bits per heavy atom. The first kappa shape index (κ1) is 17.9. The number of likely N-dealkylation sites (N-methyl/N-ethyl adjacent to an activating group) is 1. The maximum absolute atomic E-state index is 6.45. The SMILES string of the molecule is C=N/C=C(\C=C(/N)NC1CCC2CC3CC(C2)C1C3)N1CC[C@H](NC)C1. The summed E-state index contributed by atoms with van der Waals surface area (Å²) < 4.78 is 0. The molecule has 26 heavy (non-hydrogen) atoms. The van der Waals surface area contributed by atoms with Gasteiger partial charge in [-0.05, 0) is 82.4 Å². The van der Waals surface area contributed by atoms with E-state index in [0.717, 1.165) is 54.7 Å². The average molecular weight is 358 g/mol. The molecule has 0 spiro atoms. The Kier molecular flexibility index (Phi) is 5.25. The molecule has 3 saturated carbocycles. The predicted octanol–water partition coefficient (Wildman–Crippen LogP) is 2.43. The van der Waals surface area contributed by atoms with Crippen molar-refractivity contribution in [1.29, 1.82) is 0 Å². The number of fused-ring (bicyclic) bond motifs is 2. The molecule has 1 aliphatic heterocycles. The van der Waals surface area contributed by atoms with Crippen LogP contribution in [0.25, 0.3) is 0 Å². The molecule has 144 valence electrons. The number of hydrogen-bond acceptors (Lipinski definition) is 5. The molecule has 0 radical (unpaired) electrons. The molecule has 6 atom stereocenters. The van der Waals surface area contributed by atoms with E-state index in [0.29, 0.717) is 12.1 Å². The summed E-state index contributed by atoms with van der Waals surface area (Å²) in [5.74, 6) is 4.52. The van der Waals surface area contributed by atoms with Crippen LogP contribution < -0.4 is 16.4 Å². The van der Waals surface area contributed by atoms with Gasteiger partial charge in [0.2, 0.25) is 0 Å². The summed E-state index contributed by atoms with van der Waals surface area (Å²) in [7, 11) is 2.03. The lowest BCUT2D eigenvalue weighted by molar-refractivity contribution is 0.254. The Morgan fingerprint density at radius 1 is 1.15 bits per heavy atom. The Labute approximate surface area is 158 Å². The molecule has 5 unspecified atom stereocenters. The highest BCUT2D eigenvalue weighted by Gasteiger charge is 2.46. The molecule has 1 saturated heterocycles. The summed E-state index contributed by atoms with van der Waals surface area (Å²) in [6.07, 6.45) is 13.6. The Morgan fingerprint density at radius 2 is 2.00 bits per heavy atom. The van der Waals surface area contributed by atoms with Gasteiger partial charge in [-0.15, -0.1) is 0 Å². The minimum Gasteiger partial charge on any atom is -0.385 e. The van der Waals surface area contributed by atoms with E-state index >= 15 is 0 Å². The van der Waals surface area contributed by atoms with Crippen LogP contribution in [0.5, 0.6) is 0 Å². The van der Waals surface area contributed by atoms with Crippen molar-refractivity contribution in [1.82, 2.24) is 15.5 Å². The Balaban J connectivity index is 1.43. The molecule has 5 nitrogen and oxygen atoms in total. The first-order chi connectivity index (χ1) is 12.7. The standard InChI is InChI=1S/C21H35N5/c1-23-12-18(26-6-5-17(13-26)24-2)11-21(22)25-20-4-3-14-7-15-9-16(8-14)19(20)10-15/h11-12,14-17,19-20,24-25H,1,3-10,13,22H2,2H3/b18-12+,21-11+/t14?,15?,16?,17-,19?,20?/m0/s1. The zero-order valence-corrected chi connectivity index (χ0v) is 16.2. The molecule has 3 aliphatic carbocycles. The van der Waals surface area contributed by atoms with Gasteiger partial charge in [0.15, 0.2) is 0 Å². The molecule has 0 amide bonds. The highest BCUT2D eigenvalue weighted by atomic mass is 15.2. The molecule has 0 aromatic heterocycles. The van der Waals surface area contributed by atoms with Gasteiger partial charge >= 0.3 is 0 Å². The van der Waals surface area contributed by atoms with Crippen molar-refractivity contribution in [3.8, 4) is 0 Å². The largest absolute Gasteiger partial charge is 0.385 e. The van der Waals surface area contributed by atoms with Crippen LogP contribution in [-0.4, -0.2) is 43.8 Å². The van der Waals surface area contributed by atoms with Crippen molar-refractivity contribution >= 4 is 6.72 Å². The highest BCUT2D eigenvalue weighted by Crippen LogP contribution is 2.53. The molecule has 0 aromatic carbocycles. The van der Waals surface area contributed by atoms with Crippen molar-refractivity contribution in [2.75, 3.05) is 20.1 Å². The summed E-state index contributed by atoms with van der Waals surface area (Å²) >= 11 is 0. The Hall–Kier alpha value is -1.49. The number of likely N-dealkylation sites (tertiary alicyclic amines) is 1. The van der Waals surface area contributed by atoms with E-state index in [1.54, 1.807) is 0 Å². The lowest BCUT2D eigenvalue weighted by Crippen LogP contribution is -2.39. The van der Waals surface area contributed by atoms with Crippen LogP contribution in [0.3, 0.4) is 0 Å². The van der Waals surface area contributed by atoms with Crippen molar-refractivity contribution in [3.05, 3.63) is 23.8 Å². The molecular weight excluding hydrogens is 322 g/mol. The maximum atomic E-state index is 6.45. The third-order valence-electron chi connectivity index (χ3n) is 7.39. The van der Waals surface area contributed by atoms with Crippen molar-refractivity contribution in [3.63, 3.8) is 0 Å². The molecule has 0 aromatic rings. The van der Waals surface area contributed by atoms with E-state index in [-0.39, 0.29) is 0 Å². The lowest BCUT2D eigenvalue weighted by Gasteiger charge is -2.28. The van der Waals surface area contributed by atoms with Gasteiger partial charge in [0.25, 0.3) is 0 Å². The topological polar surface area (TPSA) is 65.7 Å². The van der Waals surface area contributed by atoms with Crippen LogP contribution in [0.1, 0.15) is 44.9 Å². The third-order valence-corrected chi connectivity index (χ3v) is 7.39. The molecule has 3 bridgehead atoms. The van der Waals surface area contributed by atoms with Crippen LogP contribution in [-0.2, 0) is 0 Å². The zero-order chi connectivity index (χ0) is 18.1. The predicted molar refractivity (Wildman–Crippen MR) is 108 cm³/mol. The summed E-state index contributed by atoms with van der Waals surface area (Å²) in [5, 5.41) is 7.07. The molecule has 4 fully saturated rings. The first-order valence-corrected chi connectivity index (χ1v) is 10.5. The van der Waals surface area contributed by atoms with Crippen LogP contribution in [0, 0.1) is 23.7 Å². The third kappa shape index (κ3) is 3.64. The fourth-order valence-electron chi connectivity index (χ4n) is 6.22. The van der Waals surface area contributed by atoms with E-state index in [9.17, 15) is 0 Å². The molecule has 1 heterocycles. The van der Waals surface area contributed by atoms with Crippen molar-refractivity contribution in [2.45, 2.75) is 57.0 Å². The number of nitrogens with two attached hydrogens (primary N) is 1. The van der Waals surface area contributed by atoms with Gasteiger partial charge in [0, 0.05) is 37.4 Å². The molecule has 4 N–H and O–H groups in total. The van der Waals surface area contributed by atoms with Gasteiger partial charge in [0.1, 0.15) is 0 Å². The second-order valence-corrected chi connectivity index (χ2v) is 8.98. The second-order valence-electron chi connectivity index (χ2n) is 8.98. The summed E-state index contributed by atoms with van der Waals surface area (Å²) in [6.45, 7) is 5.68. The summed E-state index contributed by atoms with van der Waals surface area (Å²) in [6, 6.07) is 1.09. The fourth-order valence-corrected chi connectivity index (χ4v) is 6.22. The number of aliphatic imine (C=N–C) groups is 1. The van der Waals surface area contributed by atoms with E-state index < -0.39 is 0 Å². The van der Waals surface area contributed by atoms with Crippen LogP contribution in [0.15, 0.2) is 28.8 Å². The second kappa shape index (κ2) is 7.63. The van der Waals surface area contributed by atoms with Gasteiger partial charge in [0.05, 0.1) is 11.5 Å². The van der Waals surface area contributed by atoms with Crippen LogP contribution in [0.2, 0.25) is 0 Å². The van der Waals surface area contributed by atoms with Gasteiger partial charge in [-0.2, -0.15) is 0 Å². The number of hydrogen-bond donors (Lipinski definition) is 3. The van der Waals surface area contributed by atoms with Gasteiger partial charge in [-0.3, -0.25) is 4.99 Å². The maximum Gasteiger partial charge on any atom is 0.0983 e. The Bertz CT molecular complexity index is 583. The molecule has 4 aliphatic rings. The highest BCUT2D eigenvalue weighted by molar-refractivity contribution is 5.30. The van der Waals surface area contributed by atoms with Crippen molar-refractivity contribution in [2.24, 2.45) is 34.4 Å². The van der Waals surface area contributed by atoms with E-state index in [2.05, 4.69) is 33.3 Å². The minimum atomic E-state index is 0.540. The van der Waals surface area contributed by atoms with E-state index in [1.165, 1.54) is 38.5 Å². The fraction of sp³-hybridized carbons (Fsp3) is 0.762. The molecule has 4 rings (SSSR count). The number of nitrogens with zero attached hydrogens (tertiary/aromatic N) is 2. The molecule has 5 heteroatoms. The van der Waals surface area contributed by atoms with Gasteiger partial charge < -0.3 is 21.3 Å². The summed E-state index contributed by atoms with van der Waals surface area (Å²) in [4.78, 5) is 6.37. The number of nitrogens with one attached hydrogen (secondary N) is 2. The van der Waals surface area contributed by atoms with Gasteiger partial charge in [-0.25, -0.2) is 0 Å². The lowest BCUT2D eigenvalue weighted by atomic mass is 9.80. The first-order valence-electron chi connectivity index (χ1n) is 10.5. The van der Waals surface area contributed by atoms with Crippen LogP contribution in [0.4, 0.5) is 0 Å². The smallest absolute Gasteiger partial charge is 0.0983 e. The van der Waals surface area contributed by atoms with E-state index in [1.807, 2.05) is 13.2 Å². The van der Waals surface area contributed by atoms with E-state index in [4.69, 9.17) is 5.73 Å². The normalized spacial score (nSPS) is 40.0. The average Bonchev–Trinajstić information content (AvgIpc) is 3.19. The minimum absolute atomic E-state index is 0.540. The summed E-state index contributed by atoms with van der Waals surface area (Å²) in [5.41, 5.74) is 7.53. The number of rotatable bonds is 6. The van der Waals surface area contributed by atoms with Crippen LogP contribution >= 0.6 is 0 Å². The van der Waals surface area contributed by atoms with Gasteiger partial charge in [-0.1, -0.05) is 0 Å². The monoisotopic (exact) mass is 357 g/mol.